The van der Waals surface area contributed by atoms with Gasteiger partial charge in [0.05, 0.1) is 6.04 Å². The summed E-state index contributed by atoms with van der Waals surface area (Å²) in [6, 6.07) is 9.49. The second-order valence-corrected chi connectivity index (χ2v) is 6.77. The van der Waals surface area contributed by atoms with Gasteiger partial charge in [0.2, 0.25) is 0 Å². The van der Waals surface area contributed by atoms with Gasteiger partial charge in [-0.2, -0.15) is 0 Å². The number of hydrogen-bond donors (Lipinski definition) is 2. The zero-order chi connectivity index (χ0) is 15.4. The first-order valence-corrected chi connectivity index (χ1v) is 8.19. The van der Waals surface area contributed by atoms with E-state index in [9.17, 15) is 4.79 Å². The van der Waals surface area contributed by atoms with Crippen LogP contribution in [0.15, 0.2) is 40.2 Å². The SMILES string of the molecule is CN(C)C(CNC(=O)c1ccc(Br)c(N)c1)c1cccs1. The Labute approximate surface area is 137 Å². The van der Waals surface area contributed by atoms with Gasteiger partial charge >= 0.3 is 0 Å². The van der Waals surface area contributed by atoms with Gasteiger partial charge < -0.3 is 16.0 Å². The predicted molar refractivity (Wildman–Crippen MR) is 91.6 cm³/mol. The molecule has 0 bridgehead atoms. The Balaban J connectivity index is 2.03. The molecule has 0 aliphatic heterocycles. The van der Waals surface area contributed by atoms with Gasteiger partial charge in [0.25, 0.3) is 5.91 Å². The molecule has 1 aromatic heterocycles. The van der Waals surface area contributed by atoms with Gasteiger partial charge in [-0.05, 0) is 59.7 Å². The average Bonchev–Trinajstić information content (AvgIpc) is 2.95. The van der Waals surface area contributed by atoms with Gasteiger partial charge in [-0.3, -0.25) is 4.79 Å². The zero-order valence-electron chi connectivity index (χ0n) is 12.0. The second-order valence-electron chi connectivity index (χ2n) is 4.94. The molecule has 0 aliphatic rings. The van der Waals surface area contributed by atoms with Crippen LogP contribution in [0.4, 0.5) is 5.69 Å². The molecule has 6 heteroatoms. The molecule has 4 nitrogen and oxygen atoms in total. The third-order valence-electron chi connectivity index (χ3n) is 3.21. The number of nitrogens with two attached hydrogens (primary N) is 1. The number of amides is 1. The highest BCUT2D eigenvalue weighted by Crippen LogP contribution is 2.23. The first-order valence-electron chi connectivity index (χ1n) is 6.52. The molecule has 0 spiro atoms. The van der Waals surface area contributed by atoms with Crippen LogP contribution in [0.1, 0.15) is 21.3 Å². The number of nitrogens with zero attached hydrogens (tertiary/aromatic N) is 1. The van der Waals surface area contributed by atoms with Crippen molar-refractivity contribution in [3.8, 4) is 0 Å². The maximum atomic E-state index is 12.2. The molecule has 0 radical (unpaired) electrons. The number of likely N-dealkylation sites (N-methyl/N-ethyl adjacent to an activating group) is 1. The maximum Gasteiger partial charge on any atom is 0.251 e. The number of thiophene rings is 1. The molecule has 1 heterocycles. The summed E-state index contributed by atoms with van der Waals surface area (Å²) in [5.41, 5.74) is 6.94. The molecule has 0 aliphatic carbocycles. The van der Waals surface area contributed by atoms with E-state index in [0.717, 1.165) is 4.47 Å². The summed E-state index contributed by atoms with van der Waals surface area (Å²) < 4.78 is 0.795. The molecule has 1 atom stereocenters. The van der Waals surface area contributed by atoms with Gasteiger partial charge in [-0.25, -0.2) is 0 Å². The van der Waals surface area contributed by atoms with E-state index in [1.165, 1.54) is 4.88 Å². The fraction of sp³-hybridized carbons (Fsp3) is 0.267. The molecule has 0 fully saturated rings. The van der Waals surface area contributed by atoms with Crippen LogP contribution in [0.3, 0.4) is 0 Å². The van der Waals surface area contributed by atoms with E-state index in [4.69, 9.17) is 5.73 Å². The maximum absolute atomic E-state index is 12.2. The quantitative estimate of drug-likeness (QED) is 0.798. The molecule has 112 valence electrons. The minimum absolute atomic E-state index is 0.113. The summed E-state index contributed by atoms with van der Waals surface area (Å²) >= 11 is 5.02. The van der Waals surface area contributed by atoms with E-state index in [1.807, 2.05) is 25.5 Å². The average molecular weight is 368 g/mol. The fourth-order valence-corrected chi connectivity index (χ4v) is 3.16. The van der Waals surface area contributed by atoms with Crippen LogP contribution in [-0.4, -0.2) is 31.4 Å². The van der Waals surface area contributed by atoms with Crippen molar-refractivity contribution in [2.45, 2.75) is 6.04 Å². The smallest absolute Gasteiger partial charge is 0.251 e. The lowest BCUT2D eigenvalue weighted by atomic mass is 10.1. The van der Waals surface area contributed by atoms with Gasteiger partial charge in [0.15, 0.2) is 0 Å². The lowest BCUT2D eigenvalue weighted by Gasteiger charge is -2.23. The number of halogens is 1. The van der Waals surface area contributed by atoms with Gasteiger partial charge in [0, 0.05) is 27.1 Å². The Morgan fingerprint density at radius 2 is 2.19 bits per heavy atom. The number of nitrogens with one attached hydrogen (secondary N) is 1. The molecule has 21 heavy (non-hydrogen) atoms. The normalized spacial score (nSPS) is 12.4. The molecule has 2 aromatic rings. The van der Waals surface area contributed by atoms with Crippen LogP contribution in [-0.2, 0) is 0 Å². The first-order chi connectivity index (χ1) is 9.99. The Hall–Kier alpha value is -1.37. The summed E-state index contributed by atoms with van der Waals surface area (Å²) in [6.07, 6.45) is 0. The third kappa shape index (κ3) is 4.06. The Morgan fingerprint density at radius 3 is 2.76 bits per heavy atom. The third-order valence-corrected chi connectivity index (χ3v) is 4.90. The van der Waals surface area contributed by atoms with Crippen molar-refractivity contribution in [3.05, 3.63) is 50.6 Å². The fourth-order valence-electron chi connectivity index (χ4n) is 1.99. The standard InChI is InChI=1S/C15H18BrN3OS/c1-19(2)13(14-4-3-7-21-14)9-18-15(20)10-5-6-11(16)12(17)8-10/h3-8,13H,9,17H2,1-2H3,(H,18,20). The molecular formula is C15H18BrN3OS. The summed E-state index contributed by atoms with van der Waals surface area (Å²) in [4.78, 5) is 15.5. The minimum atomic E-state index is -0.113. The molecule has 1 amide bonds. The van der Waals surface area contributed by atoms with Crippen LogP contribution in [0.25, 0.3) is 0 Å². The van der Waals surface area contributed by atoms with Gasteiger partial charge in [-0.15, -0.1) is 11.3 Å². The van der Waals surface area contributed by atoms with Crippen LogP contribution in [0.5, 0.6) is 0 Å². The van der Waals surface area contributed by atoms with Crippen molar-refractivity contribution in [1.82, 2.24) is 10.2 Å². The monoisotopic (exact) mass is 367 g/mol. The van der Waals surface area contributed by atoms with Crippen molar-refractivity contribution < 1.29 is 4.79 Å². The summed E-state index contributed by atoms with van der Waals surface area (Å²) in [7, 11) is 4.02. The summed E-state index contributed by atoms with van der Waals surface area (Å²) in [5.74, 6) is -0.113. The van der Waals surface area contributed by atoms with Crippen molar-refractivity contribution in [2.75, 3.05) is 26.4 Å². The lowest BCUT2D eigenvalue weighted by molar-refractivity contribution is 0.0942. The van der Waals surface area contributed by atoms with Crippen molar-refractivity contribution in [3.63, 3.8) is 0 Å². The molecule has 1 unspecified atom stereocenters. The lowest BCUT2D eigenvalue weighted by Crippen LogP contribution is -2.34. The van der Waals surface area contributed by atoms with Crippen LogP contribution in [0.2, 0.25) is 0 Å². The van der Waals surface area contributed by atoms with E-state index in [1.54, 1.807) is 29.5 Å². The Morgan fingerprint density at radius 1 is 1.43 bits per heavy atom. The predicted octanol–water partition coefficient (Wildman–Crippen LogP) is 3.13. The molecular weight excluding hydrogens is 350 g/mol. The first kappa shape index (κ1) is 16.0. The highest BCUT2D eigenvalue weighted by atomic mass is 79.9. The number of carbonyl (C=O) groups excluding carboxylic acids is 1. The Bertz CT molecular complexity index is 613. The zero-order valence-corrected chi connectivity index (χ0v) is 14.4. The second kappa shape index (κ2) is 7.06. The summed E-state index contributed by atoms with van der Waals surface area (Å²) in [5, 5.41) is 5.02. The van der Waals surface area contributed by atoms with E-state index >= 15 is 0 Å². The summed E-state index contributed by atoms with van der Waals surface area (Å²) in [6.45, 7) is 0.558. The van der Waals surface area contributed by atoms with Crippen LogP contribution in [0, 0.1) is 0 Å². The number of nitrogen functional groups attached to an aromatic ring is 1. The van der Waals surface area contributed by atoms with Crippen LogP contribution < -0.4 is 11.1 Å². The topological polar surface area (TPSA) is 58.4 Å². The van der Waals surface area contributed by atoms with Crippen LogP contribution >= 0.6 is 27.3 Å². The highest BCUT2D eigenvalue weighted by molar-refractivity contribution is 9.10. The Kier molecular flexibility index (Phi) is 5.39. The van der Waals surface area contributed by atoms with Gasteiger partial charge in [-0.1, -0.05) is 6.07 Å². The number of rotatable bonds is 5. The molecule has 1 aromatic carbocycles. The highest BCUT2D eigenvalue weighted by Gasteiger charge is 2.17. The minimum Gasteiger partial charge on any atom is -0.398 e. The number of hydrogen-bond acceptors (Lipinski definition) is 4. The number of carbonyl (C=O) groups is 1. The number of benzene rings is 1. The molecule has 0 saturated heterocycles. The van der Waals surface area contributed by atoms with E-state index in [0.29, 0.717) is 17.8 Å². The van der Waals surface area contributed by atoms with E-state index in [2.05, 4.69) is 32.2 Å². The number of anilines is 1. The van der Waals surface area contributed by atoms with Crippen molar-refractivity contribution in [2.24, 2.45) is 0 Å². The molecule has 2 rings (SSSR count). The van der Waals surface area contributed by atoms with E-state index < -0.39 is 0 Å². The molecule has 0 saturated carbocycles. The van der Waals surface area contributed by atoms with Gasteiger partial charge in [0.1, 0.15) is 0 Å². The molecule has 3 N–H and O–H groups in total. The largest absolute Gasteiger partial charge is 0.398 e. The van der Waals surface area contributed by atoms with E-state index in [-0.39, 0.29) is 11.9 Å². The van der Waals surface area contributed by atoms with Crippen molar-refractivity contribution >= 4 is 38.9 Å². The van der Waals surface area contributed by atoms with Crippen molar-refractivity contribution in [1.29, 1.82) is 0 Å².